The van der Waals surface area contributed by atoms with Gasteiger partial charge < -0.3 is 14.5 Å². The summed E-state index contributed by atoms with van der Waals surface area (Å²) in [5.74, 6) is 1.05. The maximum absolute atomic E-state index is 13.4. The van der Waals surface area contributed by atoms with Crippen molar-refractivity contribution in [1.82, 2.24) is 4.90 Å². The smallest absolute Gasteiger partial charge is 0.265 e. The number of hydrogen-bond donors (Lipinski definition) is 0. The van der Waals surface area contributed by atoms with E-state index in [9.17, 15) is 9.59 Å². The fraction of sp³-hybridized carbons (Fsp3) is 0.333. The number of benzene rings is 2. The van der Waals surface area contributed by atoms with E-state index in [0.29, 0.717) is 17.4 Å². The van der Waals surface area contributed by atoms with Crippen molar-refractivity contribution in [2.24, 2.45) is 5.92 Å². The molecule has 2 amide bonds. The fourth-order valence-electron chi connectivity index (χ4n) is 3.97. The molecule has 0 saturated carbocycles. The summed E-state index contributed by atoms with van der Waals surface area (Å²) in [6.45, 7) is 4.10. The number of nitrogens with zero attached hydrogens (tertiary/aromatic N) is 2. The lowest BCUT2D eigenvalue weighted by atomic mass is 10.0. The van der Waals surface area contributed by atoms with Gasteiger partial charge >= 0.3 is 0 Å². The number of methoxy groups -OCH3 is 1. The molecule has 5 nitrogen and oxygen atoms in total. The van der Waals surface area contributed by atoms with Crippen LogP contribution in [-0.4, -0.2) is 36.9 Å². The molecular formula is C24H26N2O3S. The third-order valence-electron chi connectivity index (χ3n) is 5.53. The molecule has 0 aliphatic carbocycles. The number of rotatable bonds is 4. The van der Waals surface area contributed by atoms with Gasteiger partial charge in [-0.25, -0.2) is 0 Å². The van der Waals surface area contributed by atoms with Crippen LogP contribution < -0.4 is 9.64 Å². The molecule has 2 aromatic rings. The van der Waals surface area contributed by atoms with E-state index in [0.717, 1.165) is 47.8 Å². The van der Waals surface area contributed by atoms with Crippen LogP contribution in [-0.2, 0) is 16.1 Å². The predicted molar refractivity (Wildman–Crippen MR) is 120 cm³/mol. The van der Waals surface area contributed by atoms with E-state index in [2.05, 4.69) is 6.92 Å². The van der Waals surface area contributed by atoms with Gasteiger partial charge in [-0.2, -0.15) is 0 Å². The first-order valence-corrected chi connectivity index (χ1v) is 11.1. The van der Waals surface area contributed by atoms with Gasteiger partial charge in [0.05, 0.1) is 24.2 Å². The van der Waals surface area contributed by atoms with Crippen LogP contribution in [0.15, 0.2) is 64.4 Å². The minimum atomic E-state index is -0.139. The Kier molecular flexibility index (Phi) is 6.13. The van der Waals surface area contributed by atoms with E-state index in [4.69, 9.17) is 4.74 Å². The third kappa shape index (κ3) is 4.38. The Morgan fingerprint density at radius 3 is 2.87 bits per heavy atom. The van der Waals surface area contributed by atoms with E-state index in [-0.39, 0.29) is 11.8 Å². The monoisotopic (exact) mass is 422 g/mol. The number of likely N-dealkylation sites (tertiary alicyclic amines) is 1. The Hall–Kier alpha value is -2.73. The second kappa shape index (κ2) is 8.96. The van der Waals surface area contributed by atoms with Crippen molar-refractivity contribution in [2.75, 3.05) is 25.1 Å². The molecule has 2 aromatic carbocycles. The first-order valence-electron chi connectivity index (χ1n) is 10.3. The lowest BCUT2D eigenvalue weighted by Gasteiger charge is -2.32. The van der Waals surface area contributed by atoms with Crippen molar-refractivity contribution in [1.29, 1.82) is 0 Å². The van der Waals surface area contributed by atoms with Gasteiger partial charge in [-0.05, 0) is 48.6 Å². The van der Waals surface area contributed by atoms with Crippen LogP contribution in [0.2, 0.25) is 0 Å². The summed E-state index contributed by atoms with van der Waals surface area (Å²) in [5, 5.41) is 0. The number of piperidine rings is 1. The molecule has 2 heterocycles. The Balaban J connectivity index is 1.63. The molecule has 4 rings (SSSR count). The Bertz CT molecular complexity index is 988. The highest BCUT2D eigenvalue weighted by molar-refractivity contribution is 8.04. The van der Waals surface area contributed by atoms with Gasteiger partial charge in [-0.1, -0.05) is 43.0 Å². The highest BCUT2D eigenvalue weighted by Gasteiger charge is 2.30. The molecule has 6 heteroatoms. The summed E-state index contributed by atoms with van der Waals surface area (Å²) in [7, 11) is 1.63. The number of para-hydroxylation sites is 1. The summed E-state index contributed by atoms with van der Waals surface area (Å²) in [4.78, 5) is 31.3. The van der Waals surface area contributed by atoms with Crippen LogP contribution in [0.4, 0.5) is 5.69 Å². The van der Waals surface area contributed by atoms with Gasteiger partial charge in [0.15, 0.2) is 0 Å². The number of ether oxygens (including phenoxy) is 1. The molecule has 1 saturated heterocycles. The molecule has 156 valence electrons. The summed E-state index contributed by atoms with van der Waals surface area (Å²) < 4.78 is 5.32. The Labute approximate surface area is 181 Å². The van der Waals surface area contributed by atoms with Gasteiger partial charge in [0.25, 0.3) is 5.91 Å². The molecule has 0 radical (unpaired) electrons. The topological polar surface area (TPSA) is 49.9 Å². The molecule has 30 heavy (non-hydrogen) atoms. The number of amides is 2. The maximum Gasteiger partial charge on any atom is 0.265 e. The number of thioether (sulfide) groups is 1. The molecule has 0 N–H and O–H groups in total. The molecule has 1 atom stereocenters. The maximum atomic E-state index is 13.4. The van der Waals surface area contributed by atoms with Crippen LogP contribution in [0.5, 0.6) is 5.75 Å². The molecule has 0 bridgehead atoms. The zero-order chi connectivity index (χ0) is 21.1. The van der Waals surface area contributed by atoms with Crippen LogP contribution in [0.25, 0.3) is 0 Å². The van der Waals surface area contributed by atoms with E-state index >= 15 is 0 Å². The molecule has 0 spiro atoms. The fourth-order valence-corrected chi connectivity index (χ4v) is 4.99. The van der Waals surface area contributed by atoms with E-state index in [1.54, 1.807) is 12.0 Å². The average Bonchev–Trinajstić information content (AvgIpc) is 2.76. The van der Waals surface area contributed by atoms with Gasteiger partial charge in [0.1, 0.15) is 5.75 Å². The quantitative estimate of drug-likeness (QED) is 0.682. The van der Waals surface area contributed by atoms with Gasteiger partial charge in [-0.15, -0.1) is 0 Å². The van der Waals surface area contributed by atoms with Crippen LogP contribution >= 0.6 is 11.8 Å². The highest BCUT2D eigenvalue weighted by atomic mass is 32.2. The van der Waals surface area contributed by atoms with E-state index in [1.807, 2.05) is 53.4 Å². The minimum absolute atomic E-state index is 0.0712. The van der Waals surface area contributed by atoms with Gasteiger partial charge in [0, 0.05) is 24.1 Å². The lowest BCUT2D eigenvalue weighted by molar-refractivity contribution is -0.128. The number of hydrogen-bond acceptors (Lipinski definition) is 4. The van der Waals surface area contributed by atoms with Crippen molar-refractivity contribution in [2.45, 2.75) is 31.2 Å². The van der Waals surface area contributed by atoms with Crippen molar-refractivity contribution in [3.05, 3.63) is 65.1 Å². The molecule has 0 unspecified atom stereocenters. The standard InChI is InChI=1S/C24H26N2O3S/c1-17-7-6-12-25(15-17)23(27)14-22-24(28)26(20-10-3-4-11-21(20)30-22)16-18-8-5-9-19(13-18)29-2/h3-5,8-11,13-14,17H,6-7,12,15-16H2,1-2H3/b22-14+/t17-/m1/s1. The van der Waals surface area contributed by atoms with Crippen LogP contribution in [0.1, 0.15) is 25.3 Å². The number of fused-ring (bicyclic) bond motifs is 1. The van der Waals surface area contributed by atoms with Gasteiger partial charge in [-0.3, -0.25) is 9.59 Å². The second-order valence-electron chi connectivity index (χ2n) is 7.85. The molecule has 2 aliphatic heterocycles. The first kappa shape index (κ1) is 20.5. The summed E-state index contributed by atoms with van der Waals surface area (Å²) in [6, 6.07) is 15.5. The van der Waals surface area contributed by atoms with Crippen molar-refractivity contribution >= 4 is 29.3 Å². The number of carbonyl (C=O) groups excluding carboxylic acids is 2. The summed E-state index contributed by atoms with van der Waals surface area (Å²) in [6.07, 6.45) is 3.69. The van der Waals surface area contributed by atoms with E-state index in [1.165, 1.54) is 17.8 Å². The van der Waals surface area contributed by atoms with Gasteiger partial charge in [0.2, 0.25) is 5.91 Å². The zero-order valence-corrected chi connectivity index (χ0v) is 18.2. The Morgan fingerprint density at radius 2 is 2.07 bits per heavy atom. The minimum Gasteiger partial charge on any atom is -0.497 e. The first-order chi connectivity index (χ1) is 14.5. The molecular weight excluding hydrogens is 396 g/mol. The van der Waals surface area contributed by atoms with Crippen molar-refractivity contribution in [3.63, 3.8) is 0 Å². The molecule has 1 fully saturated rings. The van der Waals surface area contributed by atoms with E-state index < -0.39 is 0 Å². The predicted octanol–water partition coefficient (Wildman–Crippen LogP) is 4.48. The molecule has 0 aromatic heterocycles. The van der Waals surface area contributed by atoms with Crippen LogP contribution in [0, 0.1) is 5.92 Å². The van der Waals surface area contributed by atoms with Crippen molar-refractivity contribution in [3.8, 4) is 5.75 Å². The lowest BCUT2D eigenvalue weighted by Crippen LogP contribution is -2.39. The summed E-state index contributed by atoms with van der Waals surface area (Å²) >= 11 is 1.38. The summed E-state index contributed by atoms with van der Waals surface area (Å²) in [5.41, 5.74) is 1.84. The molecule has 2 aliphatic rings. The highest BCUT2D eigenvalue weighted by Crippen LogP contribution is 2.42. The second-order valence-corrected chi connectivity index (χ2v) is 8.94. The normalized spacial score (nSPS) is 20.3. The number of carbonyl (C=O) groups is 2. The Morgan fingerprint density at radius 1 is 1.23 bits per heavy atom. The largest absolute Gasteiger partial charge is 0.497 e. The van der Waals surface area contributed by atoms with Crippen LogP contribution in [0.3, 0.4) is 0 Å². The average molecular weight is 423 g/mol. The number of anilines is 1. The third-order valence-corrected chi connectivity index (χ3v) is 6.61. The van der Waals surface area contributed by atoms with Crippen molar-refractivity contribution < 1.29 is 14.3 Å². The SMILES string of the molecule is COc1cccc(CN2C(=O)/C(=C\C(=O)N3CCC[C@@H](C)C3)Sc3ccccc32)c1. The zero-order valence-electron chi connectivity index (χ0n) is 17.3.